The molecule has 0 heterocycles. The third-order valence-corrected chi connectivity index (χ3v) is 2.79. The second-order valence-corrected chi connectivity index (χ2v) is 4.36. The van der Waals surface area contributed by atoms with E-state index in [1.165, 1.54) is 12.1 Å². The molecule has 0 saturated heterocycles. The first-order valence-corrected chi connectivity index (χ1v) is 6.10. The molecule has 0 aliphatic rings. The lowest BCUT2D eigenvalue weighted by Gasteiger charge is -2.20. The lowest BCUT2D eigenvalue weighted by molar-refractivity contribution is -0.274. The van der Waals surface area contributed by atoms with E-state index >= 15 is 0 Å². The van der Waals surface area contributed by atoms with Gasteiger partial charge in [0.2, 0.25) is 0 Å². The summed E-state index contributed by atoms with van der Waals surface area (Å²) in [5.41, 5.74) is 0. The molecule has 9 heteroatoms. The summed E-state index contributed by atoms with van der Waals surface area (Å²) in [4.78, 5) is 12.3. The van der Waals surface area contributed by atoms with Crippen LogP contribution in [0.4, 0.5) is 13.2 Å². The Kier molecular flexibility index (Phi) is 8.04. The first-order valence-electron chi connectivity index (χ1n) is 6.10. The van der Waals surface area contributed by atoms with E-state index in [0.717, 1.165) is 12.1 Å². The third kappa shape index (κ3) is 7.37. The molecular weight excluding hydrogens is 327 g/mol. The van der Waals surface area contributed by atoms with Gasteiger partial charge in [0.15, 0.2) is 0 Å². The van der Waals surface area contributed by atoms with Crippen LogP contribution in [0.1, 0.15) is 6.92 Å². The first-order chi connectivity index (χ1) is 9.69. The van der Waals surface area contributed by atoms with Crippen LogP contribution >= 0.6 is 12.4 Å². The van der Waals surface area contributed by atoms with E-state index in [1.54, 1.807) is 18.9 Å². The quantitative estimate of drug-likeness (QED) is 0.825. The molecule has 0 amide bonds. The zero-order valence-electron chi connectivity index (χ0n) is 12.0. The van der Waals surface area contributed by atoms with Crippen LogP contribution in [0.2, 0.25) is 0 Å². The number of alkyl halides is 3. The zero-order chi connectivity index (χ0) is 16.0. The summed E-state index contributed by atoms with van der Waals surface area (Å²) in [5.74, 6) is -0.890. The average molecular weight is 344 g/mol. The van der Waals surface area contributed by atoms with Gasteiger partial charge in [0.05, 0.1) is 0 Å². The second kappa shape index (κ2) is 8.70. The molecule has 0 aliphatic heterocycles. The minimum absolute atomic E-state index is 0. The van der Waals surface area contributed by atoms with Crippen LogP contribution in [0, 0.1) is 0 Å². The molecule has 1 unspecified atom stereocenters. The summed E-state index contributed by atoms with van der Waals surface area (Å²) >= 11 is 0. The Morgan fingerprint density at radius 1 is 1.27 bits per heavy atom. The van der Waals surface area contributed by atoms with E-state index < -0.39 is 18.4 Å². The second-order valence-electron chi connectivity index (χ2n) is 4.36. The fourth-order valence-electron chi connectivity index (χ4n) is 1.43. The summed E-state index contributed by atoms with van der Waals surface area (Å²) < 4.78 is 45.0. The number of nitrogens with zero attached hydrogens (tertiary/aromatic N) is 1. The fourth-order valence-corrected chi connectivity index (χ4v) is 1.43. The van der Waals surface area contributed by atoms with Gasteiger partial charge in [-0.2, -0.15) is 0 Å². The van der Waals surface area contributed by atoms with Crippen LogP contribution in [0.25, 0.3) is 0 Å². The van der Waals surface area contributed by atoms with Crippen molar-refractivity contribution in [3.8, 4) is 11.5 Å². The highest BCUT2D eigenvalue weighted by atomic mass is 35.5. The van der Waals surface area contributed by atoms with E-state index in [4.69, 9.17) is 9.84 Å². The van der Waals surface area contributed by atoms with Crippen LogP contribution in [0.3, 0.4) is 0 Å². The number of hydrogen-bond acceptors (Lipinski definition) is 4. The highest BCUT2D eigenvalue weighted by Crippen LogP contribution is 2.24. The Morgan fingerprint density at radius 3 is 2.23 bits per heavy atom. The summed E-state index contributed by atoms with van der Waals surface area (Å²) in [6.45, 7) is 2.13. The fraction of sp³-hybridized carbons (Fsp3) is 0.462. The standard InChI is InChI=1S/C13H16F3NO4.ClH/c1-9(12(18)19)17(2)7-8-20-10-3-5-11(6-4-10)21-13(14,15)16;/h3-6,9H,7-8H2,1-2H3,(H,18,19);1H. The highest BCUT2D eigenvalue weighted by Gasteiger charge is 2.30. The predicted octanol–water partition coefficient (Wildman–Crippen LogP) is 2.79. The molecule has 0 bridgehead atoms. The number of halogens is 4. The van der Waals surface area contributed by atoms with Crippen molar-refractivity contribution in [2.45, 2.75) is 19.3 Å². The topological polar surface area (TPSA) is 59.0 Å². The summed E-state index contributed by atoms with van der Waals surface area (Å²) in [6, 6.07) is 4.35. The Morgan fingerprint density at radius 2 is 1.77 bits per heavy atom. The molecule has 1 atom stereocenters. The van der Waals surface area contributed by atoms with Gasteiger partial charge in [0.25, 0.3) is 0 Å². The summed E-state index contributed by atoms with van der Waals surface area (Å²) in [7, 11) is 1.64. The molecule has 1 N–H and O–H groups in total. The maximum absolute atomic E-state index is 12.0. The third-order valence-electron chi connectivity index (χ3n) is 2.79. The van der Waals surface area contributed by atoms with Crippen molar-refractivity contribution in [2.75, 3.05) is 20.2 Å². The number of likely N-dealkylation sites (N-methyl/N-ethyl adjacent to an activating group) is 1. The normalized spacial score (nSPS) is 12.5. The van der Waals surface area contributed by atoms with Crippen molar-refractivity contribution < 1.29 is 32.5 Å². The Balaban J connectivity index is 0.00000441. The van der Waals surface area contributed by atoms with E-state index in [-0.39, 0.29) is 24.8 Å². The van der Waals surface area contributed by atoms with E-state index in [2.05, 4.69) is 4.74 Å². The SMILES string of the molecule is CC(C(=O)O)N(C)CCOc1ccc(OC(F)(F)F)cc1.Cl. The number of carboxylic acid groups (broad SMARTS) is 1. The molecule has 0 aliphatic carbocycles. The lowest BCUT2D eigenvalue weighted by Crippen LogP contribution is -2.38. The Hall–Kier alpha value is -1.67. The molecule has 0 radical (unpaired) electrons. The van der Waals surface area contributed by atoms with Gasteiger partial charge in [-0.05, 0) is 38.2 Å². The molecule has 126 valence electrons. The number of ether oxygens (including phenoxy) is 2. The van der Waals surface area contributed by atoms with E-state index in [0.29, 0.717) is 12.3 Å². The molecule has 1 aromatic carbocycles. The molecule has 0 saturated carbocycles. The van der Waals surface area contributed by atoms with Gasteiger partial charge in [0, 0.05) is 6.54 Å². The summed E-state index contributed by atoms with van der Waals surface area (Å²) in [6.07, 6.45) is -4.72. The number of rotatable bonds is 7. The number of hydrogen-bond donors (Lipinski definition) is 1. The lowest BCUT2D eigenvalue weighted by atomic mass is 10.3. The number of aliphatic carboxylic acids is 1. The molecule has 0 spiro atoms. The van der Waals surface area contributed by atoms with Gasteiger partial charge >= 0.3 is 12.3 Å². The maximum atomic E-state index is 12.0. The first kappa shape index (κ1) is 20.3. The van der Waals surface area contributed by atoms with Gasteiger partial charge in [-0.25, -0.2) is 0 Å². The predicted molar refractivity (Wildman–Crippen MR) is 75.6 cm³/mol. The maximum Gasteiger partial charge on any atom is 0.573 e. The van der Waals surface area contributed by atoms with E-state index in [9.17, 15) is 18.0 Å². The Labute approximate surface area is 132 Å². The average Bonchev–Trinajstić information content (AvgIpc) is 2.38. The largest absolute Gasteiger partial charge is 0.573 e. The van der Waals surface area contributed by atoms with Gasteiger partial charge < -0.3 is 14.6 Å². The van der Waals surface area contributed by atoms with Crippen LogP contribution in [-0.4, -0.2) is 48.6 Å². The monoisotopic (exact) mass is 343 g/mol. The van der Waals surface area contributed by atoms with Crippen molar-refractivity contribution in [1.82, 2.24) is 4.90 Å². The molecule has 0 aromatic heterocycles. The van der Waals surface area contributed by atoms with Crippen molar-refractivity contribution >= 4 is 18.4 Å². The summed E-state index contributed by atoms with van der Waals surface area (Å²) in [5, 5.41) is 8.80. The molecule has 1 rings (SSSR count). The number of benzene rings is 1. The molecule has 1 aromatic rings. The van der Waals surface area contributed by atoms with Crippen molar-refractivity contribution in [1.29, 1.82) is 0 Å². The molecule has 22 heavy (non-hydrogen) atoms. The smallest absolute Gasteiger partial charge is 0.492 e. The van der Waals surface area contributed by atoms with Gasteiger partial charge in [-0.3, -0.25) is 9.69 Å². The van der Waals surface area contributed by atoms with E-state index in [1.807, 2.05) is 0 Å². The molecular formula is C13H17ClF3NO4. The highest BCUT2D eigenvalue weighted by molar-refractivity contribution is 5.85. The number of carbonyl (C=O) groups is 1. The van der Waals surface area contributed by atoms with Crippen LogP contribution in [0.15, 0.2) is 24.3 Å². The van der Waals surface area contributed by atoms with Crippen molar-refractivity contribution in [3.05, 3.63) is 24.3 Å². The van der Waals surface area contributed by atoms with Crippen molar-refractivity contribution in [3.63, 3.8) is 0 Å². The minimum atomic E-state index is -4.72. The van der Waals surface area contributed by atoms with Gasteiger partial charge in [-0.1, -0.05) is 0 Å². The molecule has 5 nitrogen and oxygen atoms in total. The Bertz CT molecular complexity index is 467. The number of carboxylic acids is 1. The van der Waals surface area contributed by atoms with Crippen LogP contribution in [-0.2, 0) is 4.79 Å². The van der Waals surface area contributed by atoms with Gasteiger partial charge in [0.1, 0.15) is 24.1 Å². The minimum Gasteiger partial charge on any atom is -0.492 e. The van der Waals surface area contributed by atoms with Crippen LogP contribution < -0.4 is 9.47 Å². The van der Waals surface area contributed by atoms with Gasteiger partial charge in [-0.15, -0.1) is 25.6 Å². The van der Waals surface area contributed by atoms with Crippen molar-refractivity contribution in [2.24, 2.45) is 0 Å². The van der Waals surface area contributed by atoms with Crippen LogP contribution in [0.5, 0.6) is 11.5 Å². The zero-order valence-corrected chi connectivity index (χ0v) is 12.8. The molecule has 0 fully saturated rings.